The summed E-state index contributed by atoms with van der Waals surface area (Å²) in [5.41, 5.74) is 11.5. The summed E-state index contributed by atoms with van der Waals surface area (Å²) >= 11 is 0. The van der Waals surface area contributed by atoms with Crippen LogP contribution >= 0.6 is 0 Å². The fourth-order valence-corrected chi connectivity index (χ4v) is 4.85. The van der Waals surface area contributed by atoms with Gasteiger partial charge in [0.15, 0.2) is 0 Å². The predicted octanol–water partition coefficient (Wildman–Crippen LogP) is 7.56. The first kappa shape index (κ1) is 34.6. The Balaban J connectivity index is 4.16. The van der Waals surface area contributed by atoms with Crippen LogP contribution in [0.2, 0.25) is 0 Å². The highest BCUT2D eigenvalue weighted by atomic mass is 15.1. The molecule has 0 heterocycles. The molecule has 0 radical (unpaired) electrons. The van der Waals surface area contributed by atoms with Crippen molar-refractivity contribution in [2.45, 2.75) is 148 Å². The Morgan fingerprint density at radius 2 is 1.06 bits per heavy atom. The van der Waals surface area contributed by atoms with Crippen LogP contribution < -0.4 is 16.8 Å². The fourth-order valence-electron chi connectivity index (χ4n) is 4.85. The molecular formula is C31H66N4. The molecule has 1 unspecified atom stereocenters. The van der Waals surface area contributed by atoms with Gasteiger partial charge in [0.05, 0.1) is 0 Å². The zero-order valence-corrected chi connectivity index (χ0v) is 24.2. The molecule has 0 aliphatic carbocycles. The zero-order valence-electron chi connectivity index (χ0n) is 24.2. The van der Waals surface area contributed by atoms with Gasteiger partial charge in [-0.1, -0.05) is 96.6 Å². The van der Waals surface area contributed by atoms with E-state index in [1.54, 1.807) is 0 Å². The number of hydrogen-bond donors (Lipinski definition) is 3. The maximum absolute atomic E-state index is 5.73. The van der Waals surface area contributed by atoms with E-state index in [-0.39, 0.29) is 0 Å². The average Bonchev–Trinajstić information content (AvgIpc) is 2.87. The van der Waals surface area contributed by atoms with Crippen LogP contribution in [0, 0.1) is 0 Å². The molecule has 0 aliphatic rings. The first-order valence-electron chi connectivity index (χ1n) is 15.8. The van der Waals surface area contributed by atoms with Gasteiger partial charge in [0.25, 0.3) is 0 Å². The summed E-state index contributed by atoms with van der Waals surface area (Å²) in [5, 5.41) is 3.92. The highest BCUT2D eigenvalue weighted by Crippen LogP contribution is 2.13. The standard InChI is InChI=1S/C31H66N4/c1-3-5-7-9-11-12-13-14-15-17-19-24-31(23-18-16-10-8-6-4-2)34-27-22-30-35(28-20-25-32)29-21-26-33/h14-15,31,34H,3-13,16-30,32-33H2,1-2H3. The van der Waals surface area contributed by atoms with Crippen LogP contribution in [0.1, 0.15) is 142 Å². The summed E-state index contributed by atoms with van der Waals surface area (Å²) < 4.78 is 0. The van der Waals surface area contributed by atoms with Crippen molar-refractivity contribution in [3.8, 4) is 0 Å². The van der Waals surface area contributed by atoms with E-state index < -0.39 is 0 Å². The molecule has 5 N–H and O–H groups in total. The number of rotatable bonds is 29. The number of nitrogens with two attached hydrogens (primary N) is 2. The minimum Gasteiger partial charge on any atom is -0.330 e. The summed E-state index contributed by atoms with van der Waals surface area (Å²) in [6, 6.07) is 0.690. The number of nitrogens with one attached hydrogen (secondary N) is 1. The molecule has 1 atom stereocenters. The van der Waals surface area contributed by atoms with Gasteiger partial charge >= 0.3 is 0 Å². The normalized spacial score (nSPS) is 12.8. The third kappa shape index (κ3) is 26.5. The topological polar surface area (TPSA) is 67.3 Å². The van der Waals surface area contributed by atoms with Gasteiger partial charge in [-0.3, -0.25) is 0 Å². The minimum absolute atomic E-state index is 0.690. The average molecular weight is 495 g/mol. The molecule has 0 saturated carbocycles. The molecule has 0 saturated heterocycles. The van der Waals surface area contributed by atoms with E-state index >= 15 is 0 Å². The first-order valence-corrected chi connectivity index (χ1v) is 15.8. The van der Waals surface area contributed by atoms with Crippen molar-refractivity contribution in [3.63, 3.8) is 0 Å². The molecule has 0 rings (SSSR count). The lowest BCUT2D eigenvalue weighted by atomic mass is 10.0. The fraction of sp³-hybridized carbons (Fsp3) is 0.935. The molecular weight excluding hydrogens is 428 g/mol. The van der Waals surface area contributed by atoms with E-state index in [1.807, 2.05) is 0 Å². The van der Waals surface area contributed by atoms with E-state index in [0.29, 0.717) is 6.04 Å². The second-order valence-corrected chi connectivity index (χ2v) is 10.6. The van der Waals surface area contributed by atoms with Crippen molar-refractivity contribution in [2.24, 2.45) is 11.5 Å². The Morgan fingerprint density at radius 1 is 0.571 bits per heavy atom. The van der Waals surface area contributed by atoms with Gasteiger partial charge in [-0.25, -0.2) is 0 Å². The van der Waals surface area contributed by atoms with E-state index in [1.165, 1.54) is 116 Å². The van der Waals surface area contributed by atoms with Crippen LogP contribution in [-0.4, -0.2) is 50.2 Å². The molecule has 210 valence electrons. The van der Waals surface area contributed by atoms with Gasteiger partial charge in [0.1, 0.15) is 0 Å². The predicted molar refractivity (Wildman–Crippen MR) is 159 cm³/mol. The number of unbranched alkanes of at least 4 members (excludes halogenated alkanes) is 12. The second kappa shape index (κ2) is 29.8. The summed E-state index contributed by atoms with van der Waals surface area (Å²) in [6.45, 7) is 10.7. The van der Waals surface area contributed by atoms with E-state index in [2.05, 4.69) is 36.2 Å². The van der Waals surface area contributed by atoms with Gasteiger partial charge in [-0.2, -0.15) is 0 Å². The monoisotopic (exact) mass is 495 g/mol. The lowest BCUT2D eigenvalue weighted by Gasteiger charge is -2.23. The molecule has 0 fully saturated rings. The summed E-state index contributed by atoms with van der Waals surface area (Å²) in [4.78, 5) is 2.55. The van der Waals surface area contributed by atoms with Crippen LogP contribution in [0.25, 0.3) is 0 Å². The molecule has 0 spiro atoms. The number of nitrogens with zero attached hydrogens (tertiary/aromatic N) is 1. The maximum Gasteiger partial charge on any atom is 0.00671 e. The second-order valence-electron chi connectivity index (χ2n) is 10.6. The molecule has 0 bridgehead atoms. The zero-order chi connectivity index (χ0) is 25.7. The van der Waals surface area contributed by atoms with Crippen molar-refractivity contribution in [1.29, 1.82) is 0 Å². The Kier molecular flexibility index (Phi) is 29.5. The quantitative estimate of drug-likeness (QED) is 0.0741. The van der Waals surface area contributed by atoms with E-state index in [4.69, 9.17) is 11.5 Å². The van der Waals surface area contributed by atoms with Crippen molar-refractivity contribution < 1.29 is 0 Å². The van der Waals surface area contributed by atoms with Crippen molar-refractivity contribution >= 4 is 0 Å². The third-order valence-electron chi connectivity index (χ3n) is 7.16. The molecule has 0 amide bonds. The van der Waals surface area contributed by atoms with Gasteiger partial charge < -0.3 is 21.7 Å². The minimum atomic E-state index is 0.690. The Hall–Kier alpha value is -0.420. The van der Waals surface area contributed by atoms with Crippen LogP contribution in [0.3, 0.4) is 0 Å². The van der Waals surface area contributed by atoms with Crippen LogP contribution in [0.15, 0.2) is 12.2 Å². The van der Waals surface area contributed by atoms with Gasteiger partial charge in [0.2, 0.25) is 0 Å². The van der Waals surface area contributed by atoms with Crippen molar-refractivity contribution in [3.05, 3.63) is 12.2 Å². The summed E-state index contributed by atoms with van der Waals surface area (Å²) in [5.74, 6) is 0. The van der Waals surface area contributed by atoms with E-state index in [0.717, 1.165) is 52.1 Å². The van der Waals surface area contributed by atoms with Gasteiger partial charge in [-0.05, 0) is 97.1 Å². The van der Waals surface area contributed by atoms with Crippen LogP contribution in [0.4, 0.5) is 0 Å². The van der Waals surface area contributed by atoms with Gasteiger partial charge in [0, 0.05) is 6.04 Å². The Labute approximate surface area is 221 Å². The number of allylic oxidation sites excluding steroid dienone is 2. The molecule has 4 nitrogen and oxygen atoms in total. The first-order chi connectivity index (χ1) is 17.3. The van der Waals surface area contributed by atoms with Crippen molar-refractivity contribution in [2.75, 3.05) is 39.3 Å². The largest absolute Gasteiger partial charge is 0.330 e. The smallest absolute Gasteiger partial charge is 0.00671 e. The lowest BCUT2D eigenvalue weighted by Crippen LogP contribution is -2.34. The molecule has 0 aromatic heterocycles. The number of hydrogen-bond acceptors (Lipinski definition) is 4. The molecule has 0 aromatic rings. The lowest BCUT2D eigenvalue weighted by molar-refractivity contribution is 0.262. The Morgan fingerprint density at radius 3 is 1.66 bits per heavy atom. The van der Waals surface area contributed by atoms with Gasteiger partial charge in [-0.15, -0.1) is 0 Å². The maximum atomic E-state index is 5.73. The molecule has 4 heteroatoms. The van der Waals surface area contributed by atoms with E-state index in [9.17, 15) is 0 Å². The summed E-state index contributed by atoms with van der Waals surface area (Å²) in [6.07, 6.45) is 31.5. The van der Waals surface area contributed by atoms with Crippen LogP contribution in [0.5, 0.6) is 0 Å². The molecule has 0 aliphatic heterocycles. The summed E-state index contributed by atoms with van der Waals surface area (Å²) in [7, 11) is 0. The Bertz CT molecular complexity index is 405. The molecule has 0 aromatic carbocycles. The SMILES string of the molecule is CCCCCCCCC=CCCCC(CCCCCCCC)NCCCN(CCCN)CCCN. The van der Waals surface area contributed by atoms with Crippen molar-refractivity contribution in [1.82, 2.24) is 10.2 Å². The molecule has 35 heavy (non-hydrogen) atoms. The highest BCUT2D eigenvalue weighted by Gasteiger charge is 2.09. The highest BCUT2D eigenvalue weighted by molar-refractivity contribution is 4.82. The van der Waals surface area contributed by atoms with Crippen LogP contribution in [-0.2, 0) is 0 Å². The third-order valence-corrected chi connectivity index (χ3v) is 7.16.